The van der Waals surface area contributed by atoms with Crippen molar-refractivity contribution in [2.24, 2.45) is 0 Å². The zero-order valence-electron chi connectivity index (χ0n) is 14.8. The van der Waals surface area contributed by atoms with Gasteiger partial charge in [0.05, 0.1) is 6.61 Å². The molecular weight excluding hydrogens is 389 g/mol. The van der Waals surface area contributed by atoms with Crippen LogP contribution in [0, 0.1) is 17.1 Å². The van der Waals surface area contributed by atoms with Gasteiger partial charge in [-0.1, -0.05) is 18.2 Å². The molecule has 0 aliphatic rings. The van der Waals surface area contributed by atoms with Gasteiger partial charge in [-0.05, 0) is 29.8 Å². The number of hydrogen-bond acceptors (Lipinski definition) is 6. The van der Waals surface area contributed by atoms with Gasteiger partial charge in [0.2, 0.25) is 5.88 Å². The minimum atomic E-state index is -3.14. The molecule has 0 aliphatic carbocycles. The van der Waals surface area contributed by atoms with Gasteiger partial charge in [-0.25, -0.2) is 9.37 Å². The Labute approximate surface area is 163 Å². The lowest BCUT2D eigenvalue weighted by molar-refractivity contribution is -0.0487. The molecule has 0 saturated heterocycles. The first-order valence-corrected chi connectivity index (χ1v) is 8.44. The summed E-state index contributed by atoms with van der Waals surface area (Å²) in [5.41, 5.74) is 0.140. The molecule has 3 rings (SSSR count). The lowest BCUT2D eigenvalue weighted by Gasteiger charge is -2.17. The summed E-state index contributed by atoms with van der Waals surface area (Å²) in [7, 11) is 0. The molecule has 0 amide bonds. The Morgan fingerprint density at radius 1 is 1.17 bits per heavy atom. The molecule has 0 radical (unpaired) electrons. The van der Waals surface area contributed by atoms with Crippen LogP contribution in [0.1, 0.15) is 5.69 Å². The molecule has 1 heterocycles. The molecule has 3 aromatic rings. The fraction of sp³-hybridized carbons (Fsp3) is 0.200. The number of benzene rings is 2. The number of aliphatic hydroxyl groups excluding tert-OH is 2. The van der Waals surface area contributed by atoms with Crippen LogP contribution in [0.2, 0.25) is 0 Å². The maximum Gasteiger partial charge on any atom is 0.387 e. The summed E-state index contributed by atoms with van der Waals surface area (Å²) in [5.74, 6) is -0.953. The maximum absolute atomic E-state index is 13.8. The van der Waals surface area contributed by atoms with E-state index in [0.29, 0.717) is 0 Å². The lowest BCUT2D eigenvalue weighted by Crippen LogP contribution is -2.21. The van der Waals surface area contributed by atoms with E-state index in [-0.39, 0.29) is 45.8 Å². The fourth-order valence-electron chi connectivity index (χ4n) is 2.84. The first-order valence-electron chi connectivity index (χ1n) is 8.44. The summed E-state index contributed by atoms with van der Waals surface area (Å²) >= 11 is 0. The topological polar surface area (TPSA) is 95.6 Å². The van der Waals surface area contributed by atoms with Crippen LogP contribution in [-0.4, -0.2) is 41.1 Å². The van der Waals surface area contributed by atoms with Crippen molar-refractivity contribution in [1.29, 1.82) is 5.26 Å². The van der Waals surface area contributed by atoms with Gasteiger partial charge in [0.25, 0.3) is 0 Å². The molecule has 1 atom stereocenters. The number of ether oxygens (including phenoxy) is 2. The summed E-state index contributed by atoms with van der Waals surface area (Å²) in [6.45, 7) is -4.05. The minimum Gasteiger partial charge on any atom is -0.474 e. The molecule has 2 aromatic carbocycles. The molecule has 1 aromatic heterocycles. The van der Waals surface area contributed by atoms with Crippen LogP contribution in [0.25, 0.3) is 21.9 Å². The van der Waals surface area contributed by atoms with Gasteiger partial charge in [0.1, 0.15) is 30.3 Å². The van der Waals surface area contributed by atoms with Crippen LogP contribution in [-0.2, 0) is 0 Å². The second-order valence-electron chi connectivity index (χ2n) is 5.97. The second-order valence-corrected chi connectivity index (χ2v) is 5.97. The molecule has 6 nitrogen and oxygen atoms in total. The number of nitriles is 1. The van der Waals surface area contributed by atoms with E-state index in [4.69, 9.17) is 9.84 Å². The summed E-state index contributed by atoms with van der Waals surface area (Å²) in [6.07, 6.45) is -1.21. The van der Waals surface area contributed by atoms with Crippen molar-refractivity contribution < 1.29 is 32.9 Å². The largest absolute Gasteiger partial charge is 0.474 e. The Balaban J connectivity index is 2.32. The Kier molecular flexibility index (Phi) is 6.16. The summed E-state index contributed by atoms with van der Waals surface area (Å²) in [5, 5.41) is 28.4. The zero-order chi connectivity index (χ0) is 21.0. The lowest BCUT2D eigenvalue weighted by atomic mass is 9.96. The number of aliphatic hydroxyl groups is 2. The van der Waals surface area contributed by atoms with Crippen LogP contribution in [0.15, 0.2) is 42.5 Å². The van der Waals surface area contributed by atoms with Crippen molar-refractivity contribution >= 4 is 10.8 Å². The quantitative estimate of drug-likeness (QED) is 0.628. The highest BCUT2D eigenvalue weighted by molar-refractivity contribution is 6.04. The van der Waals surface area contributed by atoms with Crippen molar-refractivity contribution in [1.82, 2.24) is 4.98 Å². The van der Waals surface area contributed by atoms with Gasteiger partial charge >= 0.3 is 6.61 Å². The van der Waals surface area contributed by atoms with Crippen LogP contribution >= 0.6 is 0 Å². The summed E-state index contributed by atoms with van der Waals surface area (Å²) in [4.78, 5) is 4.11. The highest BCUT2D eigenvalue weighted by atomic mass is 19.3. The molecule has 0 bridgehead atoms. The van der Waals surface area contributed by atoms with Crippen LogP contribution < -0.4 is 9.47 Å². The van der Waals surface area contributed by atoms with E-state index in [9.17, 15) is 23.5 Å². The van der Waals surface area contributed by atoms with E-state index in [2.05, 4.69) is 9.72 Å². The number of alkyl halides is 2. The predicted molar refractivity (Wildman–Crippen MR) is 97.1 cm³/mol. The average Bonchev–Trinajstić information content (AvgIpc) is 2.71. The standard InChI is InChI=1S/C20H15F3N2O4/c21-12-4-1-3-11(7-12)17-15(8-24)25-19(28-10-13(27)9-26)14-5-2-6-16(18(14)17)29-20(22)23/h1-7,13,20,26-27H,9-10H2/t13-/m0/s1. The van der Waals surface area contributed by atoms with E-state index in [0.717, 1.165) is 6.07 Å². The van der Waals surface area contributed by atoms with E-state index >= 15 is 0 Å². The molecule has 150 valence electrons. The Morgan fingerprint density at radius 3 is 2.59 bits per heavy atom. The zero-order valence-corrected chi connectivity index (χ0v) is 14.8. The highest BCUT2D eigenvalue weighted by Gasteiger charge is 2.22. The molecule has 0 unspecified atom stereocenters. The normalized spacial score (nSPS) is 12.0. The van der Waals surface area contributed by atoms with Crippen LogP contribution in [0.4, 0.5) is 13.2 Å². The van der Waals surface area contributed by atoms with Crippen LogP contribution in [0.5, 0.6) is 11.6 Å². The molecule has 29 heavy (non-hydrogen) atoms. The van der Waals surface area contributed by atoms with E-state index in [1.807, 2.05) is 6.07 Å². The molecular formula is C20H15F3N2O4. The van der Waals surface area contributed by atoms with Gasteiger partial charge in [0, 0.05) is 16.3 Å². The molecule has 0 spiro atoms. The molecule has 0 aliphatic heterocycles. The van der Waals surface area contributed by atoms with Crippen molar-refractivity contribution in [3.8, 4) is 28.8 Å². The summed E-state index contributed by atoms with van der Waals surface area (Å²) in [6, 6.07) is 11.3. The highest BCUT2D eigenvalue weighted by Crippen LogP contribution is 2.41. The molecule has 0 fully saturated rings. The Hall–Kier alpha value is -3.35. The number of rotatable bonds is 7. The van der Waals surface area contributed by atoms with Gasteiger partial charge in [-0.2, -0.15) is 14.0 Å². The smallest absolute Gasteiger partial charge is 0.387 e. The van der Waals surface area contributed by atoms with Gasteiger partial charge < -0.3 is 19.7 Å². The third-order valence-electron chi connectivity index (χ3n) is 4.02. The van der Waals surface area contributed by atoms with Crippen LogP contribution in [0.3, 0.4) is 0 Å². The number of aromatic nitrogens is 1. The third-order valence-corrected chi connectivity index (χ3v) is 4.02. The Morgan fingerprint density at radius 2 is 1.93 bits per heavy atom. The van der Waals surface area contributed by atoms with Gasteiger partial charge in [-0.15, -0.1) is 0 Å². The van der Waals surface area contributed by atoms with E-state index < -0.39 is 25.1 Å². The number of hydrogen-bond donors (Lipinski definition) is 2. The first-order chi connectivity index (χ1) is 13.9. The average molecular weight is 404 g/mol. The number of halogens is 3. The monoisotopic (exact) mass is 404 g/mol. The van der Waals surface area contributed by atoms with Crippen molar-refractivity contribution in [3.05, 3.63) is 54.0 Å². The predicted octanol–water partition coefficient (Wildman–Crippen LogP) is 3.25. The van der Waals surface area contributed by atoms with Crippen molar-refractivity contribution in [2.75, 3.05) is 13.2 Å². The van der Waals surface area contributed by atoms with Gasteiger partial charge in [-0.3, -0.25) is 0 Å². The number of pyridine rings is 1. The Bertz CT molecular complexity index is 1070. The fourth-order valence-corrected chi connectivity index (χ4v) is 2.84. The third kappa shape index (κ3) is 4.39. The number of fused-ring (bicyclic) bond motifs is 1. The SMILES string of the molecule is N#Cc1nc(OC[C@@H](O)CO)c2cccc(OC(F)F)c2c1-c1cccc(F)c1. The van der Waals surface area contributed by atoms with Gasteiger partial charge in [0.15, 0.2) is 5.69 Å². The van der Waals surface area contributed by atoms with E-state index in [1.54, 1.807) is 0 Å². The van der Waals surface area contributed by atoms with Crippen molar-refractivity contribution in [3.63, 3.8) is 0 Å². The first kappa shape index (κ1) is 20.4. The van der Waals surface area contributed by atoms with Crippen molar-refractivity contribution in [2.45, 2.75) is 12.7 Å². The van der Waals surface area contributed by atoms with E-state index in [1.165, 1.54) is 36.4 Å². The second kappa shape index (κ2) is 8.77. The molecule has 2 N–H and O–H groups in total. The molecule has 9 heteroatoms. The minimum absolute atomic E-state index is 0.0819. The maximum atomic E-state index is 13.8. The number of nitrogens with zero attached hydrogens (tertiary/aromatic N) is 2. The molecule has 0 saturated carbocycles. The summed E-state index contributed by atoms with van der Waals surface area (Å²) < 4.78 is 49.8.